The van der Waals surface area contributed by atoms with Gasteiger partial charge < -0.3 is 14.2 Å². The lowest BCUT2D eigenvalue weighted by Gasteiger charge is -2.21. The fourth-order valence-corrected chi connectivity index (χ4v) is 2.24. The highest BCUT2D eigenvalue weighted by Gasteiger charge is 2.36. The van der Waals surface area contributed by atoms with Gasteiger partial charge in [0.1, 0.15) is 6.61 Å². The van der Waals surface area contributed by atoms with E-state index in [1.807, 2.05) is 0 Å². The minimum atomic E-state index is -1.19. The Morgan fingerprint density at radius 3 is 2.08 bits per heavy atom. The van der Waals surface area contributed by atoms with Crippen molar-refractivity contribution < 1.29 is 28.6 Å². The van der Waals surface area contributed by atoms with Crippen LogP contribution in [0.4, 0.5) is 0 Å². The summed E-state index contributed by atoms with van der Waals surface area (Å²) >= 11 is 5.88. The van der Waals surface area contributed by atoms with E-state index in [1.165, 1.54) is 21.1 Å². The molecule has 0 saturated carbocycles. The second kappa shape index (κ2) is 9.72. The molecule has 0 aromatic heterocycles. The Hall–Kier alpha value is -2.34. The first-order valence-electron chi connectivity index (χ1n) is 7.11. The molecule has 24 heavy (non-hydrogen) atoms. The predicted octanol–water partition coefficient (Wildman–Crippen LogP) is 2.51. The number of carbonyl (C=O) groups excluding carboxylic acids is 3. The van der Waals surface area contributed by atoms with Crippen LogP contribution in [0.1, 0.15) is 18.4 Å². The van der Waals surface area contributed by atoms with E-state index >= 15 is 0 Å². The predicted molar refractivity (Wildman–Crippen MR) is 87.5 cm³/mol. The Balaban J connectivity index is 3.18. The quantitative estimate of drug-likeness (QED) is 0.324. The van der Waals surface area contributed by atoms with Gasteiger partial charge in [-0.15, -0.1) is 0 Å². The molecule has 0 saturated heterocycles. The van der Waals surface area contributed by atoms with E-state index in [9.17, 15) is 14.4 Å². The third-order valence-corrected chi connectivity index (χ3v) is 3.50. The Bertz CT molecular complexity index is 592. The van der Waals surface area contributed by atoms with Gasteiger partial charge in [-0.2, -0.15) is 0 Å². The molecule has 0 bridgehead atoms. The van der Waals surface area contributed by atoms with Crippen LogP contribution < -0.4 is 0 Å². The molecule has 1 atom stereocenters. The molecule has 1 rings (SSSR count). The van der Waals surface area contributed by atoms with Crippen molar-refractivity contribution in [3.63, 3.8) is 0 Å². The van der Waals surface area contributed by atoms with E-state index < -0.39 is 29.7 Å². The van der Waals surface area contributed by atoms with Crippen LogP contribution in [0.15, 0.2) is 36.4 Å². The molecule has 0 heterocycles. The van der Waals surface area contributed by atoms with Gasteiger partial charge in [0.25, 0.3) is 0 Å². The summed E-state index contributed by atoms with van der Waals surface area (Å²) in [7, 11) is 2.39. The maximum Gasteiger partial charge on any atom is 0.321 e. The van der Waals surface area contributed by atoms with Crippen molar-refractivity contribution in [1.82, 2.24) is 0 Å². The summed E-state index contributed by atoms with van der Waals surface area (Å²) in [6.07, 6.45) is 3.16. The van der Waals surface area contributed by atoms with E-state index in [0.29, 0.717) is 10.6 Å². The first-order valence-corrected chi connectivity index (χ1v) is 7.49. The molecule has 0 radical (unpaired) electrons. The summed E-state index contributed by atoms with van der Waals surface area (Å²) in [5.74, 6) is -3.72. The van der Waals surface area contributed by atoms with Crippen LogP contribution in [0.3, 0.4) is 0 Å². The fourth-order valence-electron chi connectivity index (χ4n) is 2.11. The molecule has 0 spiro atoms. The molecule has 0 aliphatic rings. The van der Waals surface area contributed by atoms with E-state index in [-0.39, 0.29) is 6.61 Å². The lowest BCUT2D eigenvalue weighted by Crippen LogP contribution is -2.31. The monoisotopic (exact) mass is 354 g/mol. The van der Waals surface area contributed by atoms with Crippen LogP contribution >= 0.6 is 11.6 Å². The molecule has 0 aliphatic heterocycles. The zero-order chi connectivity index (χ0) is 18.1. The number of rotatable bonds is 7. The molecule has 0 amide bonds. The Morgan fingerprint density at radius 1 is 1.08 bits per heavy atom. The number of esters is 3. The summed E-state index contributed by atoms with van der Waals surface area (Å²) in [6, 6.07) is 6.69. The molecule has 7 heteroatoms. The lowest BCUT2D eigenvalue weighted by atomic mass is 9.85. The Morgan fingerprint density at radius 2 is 1.62 bits per heavy atom. The fraction of sp³-hybridized carbons (Fsp3) is 0.353. The summed E-state index contributed by atoms with van der Waals surface area (Å²) < 4.78 is 14.3. The van der Waals surface area contributed by atoms with E-state index in [4.69, 9.17) is 25.8 Å². The first-order chi connectivity index (χ1) is 11.4. The molecule has 1 aromatic carbocycles. The van der Waals surface area contributed by atoms with Gasteiger partial charge >= 0.3 is 17.9 Å². The van der Waals surface area contributed by atoms with Gasteiger partial charge in [-0.3, -0.25) is 14.4 Å². The third-order valence-electron chi connectivity index (χ3n) is 3.25. The second-order valence-corrected chi connectivity index (χ2v) is 5.27. The molecule has 1 unspecified atom stereocenters. The first kappa shape index (κ1) is 19.7. The van der Waals surface area contributed by atoms with Gasteiger partial charge in [0.15, 0.2) is 5.92 Å². The molecule has 0 aliphatic carbocycles. The van der Waals surface area contributed by atoms with Crippen LogP contribution in [0.25, 0.3) is 0 Å². The van der Waals surface area contributed by atoms with Gasteiger partial charge in [0.2, 0.25) is 0 Å². The number of carbonyl (C=O) groups is 3. The van der Waals surface area contributed by atoms with Gasteiger partial charge in [-0.25, -0.2) is 0 Å². The lowest BCUT2D eigenvalue weighted by molar-refractivity contribution is -0.159. The van der Waals surface area contributed by atoms with Gasteiger partial charge in [-0.1, -0.05) is 35.9 Å². The third kappa shape index (κ3) is 5.70. The van der Waals surface area contributed by atoms with Crippen molar-refractivity contribution in [3.8, 4) is 0 Å². The minimum Gasteiger partial charge on any atom is -0.468 e. The number of ether oxygens (including phenoxy) is 3. The van der Waals surface area contributed by atoms with Crippen molar-refractivity contribution in [2.75, 3.05) is 20.8 Å². The summed E-state index contributed by atoms with van der Waals surface area (Å²) in [5.41, 5.74) is 0.666. The number of hydrogen-bond donors (Lipinski definition) is 0. The maximum atomic E-state index is 12.1. The molecule has 1 aromatic rings. The van der Waals surface area contributed by atoms with Crippen molar-refractivity contribution in [2.45, 2.75) is 12.8 Å². The van der Waals surface area contributed by atoms with Crippen molar-refractivity contribution in [2.24, 2.45) is 5.92 Å². The molecule has 0 fully saturated rings. The number of methoxy groups -OCH3 is 2. The van der Waals surface area contributed by atoms with Crippen molar-refractivity contribution in [1.29, 1.82) is 0 Å². The molecule has 130 valence electrons. The number of benzene rings is 1. The molecule has 0 N–H and O–H groups in total. The smallest absolute Gasteiger partial charge is 0.321 e. The van der Waals surface area contributed by atoms with Gasteiger partial charge in [0, 0.05) is 17.9 Å². The minimum absolute atomic E-state index is 0.0223. The van der Waals surface area contributed by atoms with Gasteiger partial charge in [-0.05, 0) is 17.7 Å². The summed E-state index contributed by atoms with van der Waals surface area (Å²) in [5, 5.41) is 0.522. The van der Waals surface area contributed by atoms with Crippen LogP contribution in [0.5, 0.6) is 0 Å². The van der Waals surface area contributed by atoms with E-state index in [1.54, 1.807) is 36.4 Å². The number of hydrogen-bond acceptors (Lipinski definition) is 6. The zero-order valence-electron chi connectivity index (χ0n) is 13.7. The average Bonchev–Trinajstić information content (AvgIpc) is 2.57. The maximum absolute atomic E-state index is 12.1. The van der Waals surface area contributed by atoms with Crippen molar-refractivity contribution in [3.05, 3.63) is 47.0 Å². The van der Waals surface area contributed by atoms with Crippen LogP contribution in [0, 0.1) is 5.92 Å². The summed E-state index contributed by atoms with van der Waals surface area (Å²) in [4.78, 5) is 35.0. The van der Waals surface area contributed by atoms with Crippen LogP contribution in [-0.4, -0.2) is 38.7 Å². The second-order valence-electron chi connectivity index (χ2n) is 4.83. The van der Waals surface area contributed by atoms with Crippen LogP contribution in [0.2, 0.25) is 5.02 Å². The number of halogens is 1. The standard InChI is InChI=1S/C17H19ClO6/c1-11(19)24-10-4-5-14(12-6-8-13(18)9-7-12)15(16(20)22-2)17(21)23-3/h4-9,14-15H,10H2,1-3H3/b5-4+. The van der Waals surface area contributed by atoms with Crippen LogP contribution in [-0.2, 0) is 28.6 Å². The van der Waals surface area contributed by atoms with Gasteiger partial charge in [0.05, 0.1) is 14.2 Å². The highest BCUT2D eigenvalue weighted by molar-refractivity contribution is 6.30. The summed E-state index contributed by atoms with van der Waals surface area (Å²) in [6.45, 7) is 1.31. The molecular formula is C17H19ClO6. The highest BCUT2D eigenvalue weighted by Crippen LogP contribution is 2.29. The molecular weight excluding hydrogens is 336 g/mol. The van der Waals surface area contributed by atoms with E-state index in [0.717, 1.165) is 0 Å². The SMILES string of the molecule is COC(=O)C(C(=O)OC)C(/C=C/COC(C)=O)c1ccc(Cl)cc1. The average molecular weight is 355 g/mol. The largest absolute Gasteiger partial charge is 0.468 e. The Labute approximate surface area is 145 Å². The Kier molecular flexibility index (Phi) is 7.98. The zero-order valence-corrected chi connectivity index (χ0v) is 14.4. The highest BCUT2D eigenvalue weighted by atomic mass is 35.5. The number of allylic oxidation sites excluding steroid dienone is 1. The molecule has 6 nitrogen and oxygen atoms in total. The normalized spacial score (nSPS) is 12.0. The van der Waals surface area contributed by atoms with E-state index in [2.05, 4.69) is 0 Å². The van der Waals surface area contributed by atoms with Crippen molar-refractivity contribution >= 4 is 29.5 Å². The topological polar surface area (TPSA) is 78.9 Å².